The molecule has 0 saturated carbocycles. The van der Waals surface area contributed by atoms with Crippen LogP contribution in [-0.2, 0) is 16.6 Å². The molecule has 20 heavy (non-hydrogen) atoms. The highest BCUT2D eigenvalue weighted by Gasteiger charge is 2.17. The maximum atomic E-state index is 12.2. The first-order valence-electron chi connectivity index (χ1n) is 6.78. The molecule has 1 aromatic rings. The third-order valence-electron chi connectivity index (χ3n) is 3.38. The number of nitrogens with one attached hydrogen (secondary N) is 1. The Morgan fingerprint density at radius 2 is 1.75 bits per heavy atom. The summed E-state index contributed by atoms with van der Waals surface area (Å²) in [5.41, 5.74) is 1.50. The summed E-state index contributed by atoms with van der Waals surface area (Å²) in [7, 11) is -3.19. The Balaban J connectivity index is 1.98. The predicted molar refractivity (Wildman–Crippen MR) is 77.9 cm³/mol. The van der Waals surface area contributed by atoms with Crippen LogP contribution < -0.4 is 4.72 Å². The second kappa shape index (κ2) is 6.37. The second-order valence-corrected chi connectivity index (χ2v) is 6.98. The summed E-state index contributed by atoms with van der Waals surface area (Å²) in [4.78, 5) is 14.1. The van der Waals surface area contributed by atoms with Gasteiger partial charge in [0.1, 0.15) is 0 Å². The van der Waals surface area contributed by atoms with E-state index in [1.165, 1.54) is 6.42 Å². The van der Waals surface area contributed by atoms with Crippen LogP contribution in [0.25, 0.3) is 0 Å². The van der Waals surface area contributed by atoms with Crippen LogP contribution in [0, 0.1) is 0 Å². The van der Waals surface area contributed by atoms with Crippen molar-refractivity contribution >= 4 is 15.9 Å². The zero-order valence-corrected chi connectivity index (χ0v) is 12.4. The molecule has 0 bridgehead atoms. The number of likely N-dealkylation sites (tertiary alicyclic amines) is 1. The van der Waals surface area contributed by atoms with Crippen LogP contribution in [-0.4, -0.2) is 38.6 Å². The molecule has 1 aliphatic heterocycles. The smallest absolute Gasteiger partial charge is 0.253 e. The maximum absolute atomic E-state index is 12.2. The summed E-state index contributed by atoms with van der Waals surface area (Å²) >= 11 is 0. The molecule has 2 rings (SSSR count). The van der Waals surface area contributed by atoms with E-state index in [9.17, 15) is 13.2 Å². The lowest BCUT2D eigenvalue weighted by atomic mass is 10.1. The number of nitrogens with zero attached hydrogens (tertiary/aromatic N) is 1. The Bertz CT molecular complexity index is 561. The van der Waals surface area contributed by atoms with Crippen LogP contribution in [0.3, 0.4) is 0 Å². The summed E-state index contributed by atoms with van der Waals surface area (Å²) in [6, 6.07) is 7.09. The molecule has 0 radical (unpaired) electrons. The number of amides is 1. The molecule has 1 fully saturated rings. The minimum atomic E-state index is -3.19. The number of benzene rings is 1. The van der Waals surface area contributed by atoms with Crippen molar-refractivity contribution in [2.24, 2.45) is 0 Å². The molecule has 110 valence electrons. The van der Waals surface area contributed by atoms with Crippen LogP contribution in [0.4, 0.5) is 0 Å². The van der Waals surface area contributed by atoms with Gasteiger partial charge in [-0.05, 0) is 37.0 Å². The van der Waals surface area contributed by atoms with Gasteiger partial charge in [0.25, 0.3) is 5.91 Å². The zero-order chi connectivity index (χ0) is 14.6. The lowest BCUT2D eigenvalue weighted by Crippen LogP contribution is -2.35. The van der Waals surface area contributed by atoms with Gasteiger partial charge in [-0.2, -0.15) is 0 Å². The van der Waals surface area contributed by atoms with Crippen LogP contribution in [0.1, 0.15) is 35.2 Å². The molecule has 0 aliphatic carbocycles. The summed E-state index contributed by atoms with van der Waals surface area (Å²) < 4.78 is 24.5. The lowest BCUT2D eigenvalue weighted by molar-refractivity contribution is 0.0724. The van der Waals surface area contributed by atoms with Gasteiger partial charge in [0, 0.05) is 25.2 Å². The quantitative estimate of drug-likeness (QED) is 0.912. The van der Waals surface area contributed by atoms with Crippen molar-refractivity contribution in [2.75, 3.05) is 19.3 Å². The maximum Gasteiger partial charge on any atom is 0.253 e. The molecule has 5 nitrogen and oxygen atoms in total. The molecular formula is C14H20N2O3S. The number of piperidine rings is 1. The van der Waals surface area contributed by atoms with Crippen LogP contribution in [0.2, 0.25) is 0 Å². The van der Waals surface area contributed by atoms with Gasteiger partial charge in [0.05, 0.1) is 6.26 Å². The van der Waals surface area contributed by atoms with Gasteiger partial charge in [-0.3, -0.25) is 4.79 Å². The van der Waals surface area contributed by atoms with E-state index in [0.29, 0.717) is 5.56 Å². The lowest BCUT2D eigenvalue weighted by Gasteiger charge is -2.26. The van der Waals surface area contributed by atoms with Crippen LogP contribution in [0.5, 0.6) is 0 Å². The minimum absolute atomic E-state index is 0.0623. The predicted octanol–water partition coefficient (Wildman–Crippen LogP) is 1.36. The molecule has 0 atom stereocenters. The number of carbonyl (C=O) groups excluding carboxylic acids is 1. The van der Waals surface area contributed by atoms with Gasteiger partial charge >= 0.3 is 0 Å². The first-order chi connectivity index (χ1) is 9.46. The topological polar surface area (TPSA) is 66.5 Å². The third kappa shape index (κ3) is 4.31. The molecule has 0 unspecified atom stereocenters. The molecule has 0 aromatic heterocycles. The summed E-state index contributed by atoms with van der Waals surface area (Å²) in [6.07, 6.45) is 4.46. The standard InChI is InChI=1S/C14H20N2O3S/c1-20(18,19)15-11-12-5-7-13(8-6-12)14(17)16-9-3-2-4-10-16/h5-8,15H,2-4,9-11H2,1H3. The van der Waals surface area contributed by atoms with Crippen molar-refractivity contribution in [3.63, 3.8) is 0 Å². The van der Waals surface area contributed by atoms with E-state index < -0.39 is 10.0 Å². The van der Waals surface area contributed by atoms with Gasteiger partial charge in [-0.1, -0.05) is 12.1 Å². The van der Waals surface area contributed by atoms with Gasteiger partial charge in [-0.15, -0.1) is 0 Å². The van der Waals surface area contributed by atoms with Crippen molar-refractivity contribution in [3.8, 4) is 0 Å². The average molecular weight is 296 g/mol. The van der Waals surface area contributed by atoms with E-state index in [0.717, 1.165) is 37.8 Å². The fourth-order valence-corrected chi connectivity index (χ4v) is 2.69. The van der Waals surface area contributed by atoms with Crippen molar-refractivity contribution in [1.82, 2.24) is 9.62 Å². The van der Waals surface area contributed by atoms with Crippen molar-refractivity contribution < 1.29 is 13.2 Å². The molecule has 0 spiro atoms. The largest absolute Gasteiger partial charge is 0.339 e. The number of hydrogen-bond donors (Lipinski definition) is 1. The van der Waals surface area contributed by atoms with Crippen LogP contribution >= 0.6 is 0 Å². The second-order valence-electron chi connectivity index (χ2n) is 5.14. The van der Waals surface area contributed by atoms with Gasteiger partial charge in [0.2, 0.25) is 10.0 Å². The Morgan fingerprint density at radius 1 is 1.15 bits per heavy atom. The number of hydrogen-bond acceptors (Lipinski definition) is 3. The fraction of sp³-hybridized carbons (Fsp3) is 0.500. The molecule has 1 saturated heterocycles. The summed E-state index contributed by atoms with van der Waals surface area (Å²) in [5, 5.41) is 0. The van der Waals surface area contributed by atoms with Crippen molar-refractivity contribution in [1.29, 1.82) is 0 Å². The van der Waals surface area contributed by atoms with Crippen molar-refractivity contribution in [2.45, 2.75) is 25.8 Å². The van der Waals surface area contributed by atoms with E-state index in [2.05, 4.69) is 4.72 Å². The van der Waals surface area contributed by atoms with E-state index in [4.69, 9.17) is 0 Å². The molecule has 1 amide bonds. The Kier molecular flexibility index (Phi) is 4.77. The highest BCUT2D eigenvalue weighted by molar-refractivity contribution is 7.88. The highest BCUT2D eigenvalue weighted by Crippen LogP contribution is 2.13. The molecular weight excluding hydrogens is 276 g/mol. The summed E-state index contributed by atoms with van der Waals surface area (Å²) in [6.45, 7) is 1.91. The highest BCUT2D eigenvalue weighted by atomic mass is 32.2. The number of carbonyl (C=O) groups is 1. The van der Waals surface area contributed by atoms with Gasteiger partial charge in [-0.25, -0.2) is 13.1 Å². The van der Waals surface area contributed by atoms with Gasteiger partial charge < -0.3 is 4.90 Å². The SMILES string of the molecule is CS(=O)(=O)NCc1ccc(C(=O)N2CCCCC2)cc1. The fourth-order valence-electron chi connectivity index (χ4n) is 2.26. The molecule has 1 aromatic carbocycles. The van der Waals surface area contributed by atoms with Gasteiger partial charge in [0.15, 0.2) is 0 Å². The van der Waals surface area contributed by atoms with E-state index >= 15 is 0 Å². The number of sulfonamides is 1. The summed E-state index contributed by atoms with van der Waals surface area (Å²) in [5.74, 6) is 0.0623. The zero-order valence-electron chi connectivity index (χ0n) is 11.6. The molecule has 1 N–H and O–H groups in total. The molecule has 6 heteroatoms. The minimum Gasteiger partial charge on any atom is -0.339 e. The van der Waals surface area contributed by atoms with Crippen molar-refractivity contribution in [3.05, 3.63) is 35.4 Å². The Hall–Kier alpha value is -1.40. The Labute approximate surface area is 120 Å². The van der Waals surface area contributed by atoms with E-state index in [1.54, 1.807) is 24.3 Å². The average Bonchev–Trinajstić information content (AvgIpc) is 2.45. The number of rotatable bonds is 4. The third-order valence-corrected chi connectivity index (χ3v) is 4.05. The van der Waals surface area contributed by atoms with Crippen LogP contribution in [0.15, 0.2) is 24.3 Å². The first-order valence-corrected chi connectivity index (χ1v) is 8.68. The molecule has 1 aliphatic rings. The van der Waals surface area contributed by atoms with E-state index in [-0.39, 0.29) is 12.5 Å². The Morgan fingerprint density at radius 3 is 2.30 bits per heavy atom. The normalized spacial score (nSPS) is 16.1. The first kappa shape index (κ1) is 15.0. The molecule has 1 heterocycles. The monoisotopic (exact) mass is 296 g/mol. The van der Waals surface area contributed by atoms with E-state index in [1.807, 2.05) is 4.90 Å².